The highest BCUT2D eigenvalue weighted by Crippen LogP contribution is 2.21. The van der Waals surface area contributed by atoms with Gasteiger partial charge in [-0.25, -0.2) is 4.98 Å². The number of ether oxygens (including phenoxy) is 1. The Morgan fingerprint density at radius 1 is 1.24 bits per heavy atom. The minimum Gasteiger partial charge on any atom is -0.497 e. The number of imidazole rings is 1. The van der Waals surface area contributed by atoms with E-state index >= 15 is 0 Å². The summed E-state index contributed by atoms with van der Waals surface area (Å²) in [5.74, 6) is 1.84. The van der Waals surface area contributed by atoms with Crippen LogP contribution in [0.4, 0.5) is 0 Å². The maximum absolute atomic E-state index is 12.7. The molecular weight excluding hydrogens is 388 g/mol. The molecule has 2 aromatic heterocycles. The van der Waals surface area contributed by atoms with E-state index in [9.17, 15) is 4.79 Å². The van der Waals surface area contributed by atoms with Crippen molar-refractivity contribution in [2.45, 2.75) is 19.5 Å². The number of hydrogen-bond donors (Lipinski definition) is 3. The lowest BCUT2D eigenvalue weighted by molar-refractivity contribution is -0.122. The Morgan fingerprint density at radius 3 is 2.72 bits per heavy atom. The van der Waals surface area contributed by atoms with Gasteiger partial charge in [-0.3, -0.25) is 14.5 Å². The van der Waals surface area contributed by atoms with Gasteiger partial charge in [-0.2, -0.15) is 5.10 Å². The average molecular weight is 408 g/mol. The second-order valence-electron chi connectivity index (χ2n) is 6.60. The van der Waals surface area contributed by atoms with Crippen LogP contribution in [0.25, 0.3) is 22.4 Å². The number of benzene rings is 2. The van der Waals surface area contributed by atoms with Gasteiger partial charge in [-0.05, 0) is 55.5 Å². The molecule has 0 fully saturated rings. The predicted octanol–water partition coefficient (Wildman–Crippen LogP) is 3.37. The zero-order valence-electron chi connectivity index (χ0n) is 16.0. The minimum atomic E-state index is -0.277. The second kappa shape index (κ2) is 7.88. The van der Waals surface area contributed by atoms with Crippen molar-refractivity contribution >= 4 is 29.2 Å². The molecule has 0 aliphatic rings. The molecule has 2 aromatic carbocycles. The molecule has 29 heavy (non-hydrogen) atoms. The number of fused-ring (bicyclic) bond motifs is 1. The van der Waals surface area contributed by atoms with E-state index in [2.05, 4.69) is 25.5 Å². The molecule has 3 N–H and O–H groups in total. The van der Waals surface area contributed by atoms with Crippen LogP contribution in [0.3, 0.4) is 0 Å². The van der Waals surface area contributed by atoms with Crippen molar-refractivity contribution in [3.8, 4) is 17.1 Å². The van der Waals surface area contributed by atoms with Crippen molar-refractivity contribution < 1.29 is 9.53 Å². The molecule has 1 amide bonds. The number of hydrogen-bond acceptors (Lipinski definition) is 5. The summed E-state index contributed by atoms with van der Waals surface area (Å²) >= 11 is 5.31. The Kier molecular flexibility index (Phi) is 5.13. The maximum atomic E-state index is 12.7. The smallest absolute Gasteiger partial charge is 0.240 e. The summed E-state index contributed by atoms with van der Waals surface area (Å²) in [7, 11) is 1.61. The van der Waals surface area contributed by atoms with Gasteiger partial charge in [0.05, 0.1) is 24.2 Å². The van der Waals surface area contributed by atoms with Gasteiger partial charge in [0.1, 0.15) is 18.1 Å². The first-order chi connectivity index (χ1) is 14.0. The van der Waals surface area contributed by atoms with Crippen LogP contribution in [0.1, 0.15) is 18.8 Å². The summed E-state index contributed by atoms with van der Waals surface area (Å²) < 4.78 is 7.23. The molecule has 9 heteroatoms. The van der Waals surface area contributed by atoms with E-state index < -0.39 is 0 Å². The number of methoxy groups -OCH3 is 1. The number of nitrogens with zero attached hydrogens (tertiary/aromatic N) is 3. The first-order valence-electron chi connectivity index (χ1n) is 9.09. The van der Waals surface area contributed by atoms with Gasteiger partial charge in [-0.15, -0.1) is 0 Å². The van der Waals surface area contributed by atoms with Gasteiger partial charge >= 0.3 is 0 Å². The lowest BCUT2D eigenvalue weighted by Gasteiger charge is -2.13. The van der Waals surface area contributed by atoms with E-state index in [1.165, 1.54) is 0 Å². The van der Waals surface area contributed by atoms with Crippen LogP contribution in [-0.2, 0) is 11.3 Å². The summed E-state index contributed by atoms with van der Waals surface area (Å²) in [5.41, 5.74) is 2.63. The molecule has 1 atom stereocenters. The number of H-pyrrole nitrogens is 2. The van der Waals surface area contributed by atoms with E-state index in [1.807, 2.05) is 55.5 Å². The van der Waals surface area contributed by atoms with Crippen LogP contribution < -0.4 is 10.1 Å². The fourth-order valence-electron chi connectivity index (χ4n) is 3.10. The van der Waals surface area contributed by atoms with Gasteiger partial charge in [0.25, 0.3) is 0 Å². The molecule has 0 saturated carbocycles. The Hall–Kier alpha value is -3.46. The molecule has 0 aliphatic carbocycles. The lowest BCUT2D eigenvalue weighted by Crippen LogP contribution is -2.31. The number of carbonyl (C=O) groups excluding carboxylic acids is 1. The molecule has 1 unspecified atom stereocenters. The third kappa shape index (κ3) is 3.90. The van der Waals surface area contributed by atoms with Crippen molar-refractivity contribution in [3.05, 3.63) is 59.1 Å². The Labute approximate surface area is 171 Å². The molecule has 4 aromatic rings. The third-order valence-electron chi connectivity index (χ3n) is 4.60. The summed E-state index contributed by atoms with van der Waals surface area (Å²) in [4.78, 5) is 20.4. The number of rotatable bonds is 6. The van der Waals surface area contributed by atoms with Crippen LogP contribution in [0, 0.1) is 4.77 Å². The van der Waals surface area contributed by atoms with Gasteiger partial charge in [-0.1, -0.05) is 12.1 Å². The van der Waals surface area contributed by atoms with E-state index in [0.29, 0.717) is 16.4 Å². The van der Waals surface area contributed by atoms with Crippen LogP contribution in [0.15, 0.2) is 48.5 Å². The number of carbonyl (C=O) groups is 1. The SMILES string of the molecule is COc1ccc(-c2n[nH]c(=S)n2CC(=O)NC(C)c2nc3ccccc3[nH]2)cc1. The lowest BCUT2D eigenvalue weighted by atomic mass is 10.2. The molecule has 0 bridgehead atoms. The highest BCUT2D eigenvalue weighted by Gasteiger charge is 2.17. The zero-order valence-corrected chi connectivity index (χ0v) is 16.8. The fourth-order valence-corrected chi connectivity index (χ4v) is 3.30. The topological polar surface area (TPSA) is 101 Å². The molecule has 2 heterocycles. The van der Waals surface area contributed by atoms with E-state index in [0.717, 1.165) is 22.3 Å². The summed E-state index contributed by atoms with van der Waals surface area (Å²) in [6.07, 6.45) is 0. The van der Waals surface area contributed by atoms with E-state index in [4.69, 9.17) is 17.0 Å². The van der Waals surface area contributed by atoms with Crippen molar-refractivity contribution in [1.29, 1.82) is 0 Å². The molecule has 0 spiro atoms. The summed E-state index contributed by atoms with van der Waals surface area (Å²) in [5, 5.41) is 9.98. The third-order valence-corrected chi connectivity index (χ3v) is 4.92. The van der Waals surface area contributed by atoms with Crippen LogP contribution in [-0.4, -0.2) is 37.7 Å². The highest BCUT2D eigenvalue weighted by atomic mass is 32.1. The molecular formula is C20H20N6O2S. The fraction of sp³-hybridized carbons (Fsp3) is 0.200. The minimum absolute atomic E-state index is 0.0429. The van der Waals surface area contributed by atoms with Crippen LogP contribution >= 0.6 is 12.2 Å². The highest BCUT2D eigenvalue weighted by molar-refractivity contribution is 7.71. The standard InChI is InChI=1S/C20H20N6O2S/c1-12(18-22-15-5-3-4-6-16(15)23-18)21-17(27)11-26-19(24-25-20(26)29)13-7-9-14(28-2)10-8-13/h3-10,12H,11H2,1-2H3,(H,21,27)(H,22,23)(H,25,29). The summed E-state index contributed by atoms with van der Waals surface area (Å²) in [6.45, 7) is 1.93. The maximum Gasteiger partial charge on any atom is 0.240 e. The number of aromatic amines is 2. The number of aromatic nitrogens is 5. The van der Waals surface area contributed by atoms with Gasteiger partial charge in [0.15, 0.2) is 10.6 Å². The average Bonchev–Trinajstić information content (AvgIpc) is 3.32. The van der Waals surface area contributed by atoms with Gasteiger partial charge in [0, 0.05) is 5.56 Å². The van der Waals surface area contributed by atoms with Crippen molar-refractivity contribution in [1.82, 2.24) is 30.0 Å². The van der Waals surface area contributed by atoms with Crippen molar-refractivity contribution in [2.24, 2.45) is 0 Å². The first-order valence-corrected chi connectivity index (χ1v) is 9.49. The molecule has 0 aliphatic heterocycles. The largest absolute Gasteiger partial charge is 0.497 e. The van der Waals surface area contributed by atoms with Gasteiger partial charge < -0.3 is 15.0 Å². The normalized spacial score (nSPS) is 12.1. The zero-order chi connectivity index (χ0) is 20.4. The number of nitrogens with one attached hydrogen (secondary N) is 3. The predicted molar refractivity (Wildman–Crippen MR) is 112 cm³/mol. The molecule has 8 nitrogen and oxygen atoms in total. The molecule has 4 rings (SSSR count). The van der Waals surface area contributed by atoms with Crippen LogP contribution in [0.5, 0.6) is 5.75 Å². The van der Waals surface area contributed by atoms with Crippen molar-refractivity contribution in [3.63, 3.8) is 0 Å². The molecule has 0 saturated heterocycles. The summed E-state index contributed by atoms with van der Waals surface area (Å²) in [6, 6.07) is 14.9. The number of para-hydroxylation sites is 2. The monoisotopic (exact) mass is 408 g/mol. The molecule has 148 valence electrons. The van der Waals surface area contributed by atoms with E-state index in [-0.39, 0.29) is 18.5 Å². The first kappa shape index (κ1) is 18.9. The Bertz CT molecular complexity index is 1170. The number of amides is 1. The van der Waals surface area contributed by atoms with Crippen LogP contribution in [0.2, 0.25) is 0 Å². The Balaban J connectivity index is 1.50. The van der Waals surface area contributed by atoms with Gasteiger partial charge in [0.2, 0.25) is 5.91 Å². The quantitative estimate of drug-likeness (QED) is 0.425. The van der Waals surface area contributed by atoms with E-state index in [1.54, 1.807) is 11.7 Å². The van der Waals surface area contributed by atoms with Crippen molar-refractivity contribution in [2.75, 3.05) is 7.11 Å². The molecule has 0 radical (unpaired) electrons. The Morgan fingerprint density at radius 2 is 2.00 bits per heavy atom. The second-order valence-corrected chi connectivity index (χ2v) is 6.98.